The van der Waals surface area contributed by atoms with Crippen LogP contribution in [0.15, 0.2) is 12.1 Å². The van der Waals surface area contributed by atoms with Crippen LogP contribution in [-0.2, 0) is 6.54 Å². The molecule has 1 aromatic rings. The lowest BCUT2D eigenvalue weighted by Crippen LogP contribution is -2.20. The lowest BCUT2D eigenvalue weighted by molar-refractivity contribution is 0.232. The normalized spacial score (nSPS) is 9.83. The van der Waals surface area contributed by atoms with Gasteiger partial charge < -0.3 is 19.1 Å². The van der Waals surface area contributed by atoms with E-state index >= 15 is 0 Å². The molecule has 0 bridgehead atoms. The lowest BCUT2D eigenvalue weighted by atomic mass is 10.1. The summed E-state index contributed by atoms with van der Waals surface area (Å²) >= 11 is 2.90. The molecule has 6 heteroatoms. The highest BCUT2D eigenvalue weighted by atomic mass is 79.9. The number of benzene rings is 1. The van der Waals surface area contributed by atoms with Gasteiger partial charge in [0.1, 0.15) is 5.75 Å². The van der Waals surface area contributed by atoms with Crippen molar-refractivity contribution in [3.05, 3.63) is 17.7 Å². The molecule has 0 fully saturated rings. The van der Waals surface area contributed by atoms with E-state index in [9.17, 15) is 4.79 Å². The van der Waals surface area contributed by atoms with Crippen molar-refractivity contribution >= 4 is 20.7 Å². The van der Waals surface area contributed by atoms with Crippen molar-refractivity contribution in [2.45, 2.75) is 6.54 Å². The molecule has 0 atom stereocenters. The molecule has 1 aromatic carbocycles. The minimum atomic E-state index is -0.195. The Bertz CT molecular complexity index is 436. The highest BCUT2D eigenvalue weighted by Crippen LogP contribution is 2.35. The Hall–Kier alpha value is -1.43. The van der Waals surface area contributed by atoms with Crippen molar-refractivity contribution < 1.29 is 19.0 Å². The first-order valence-corrected chi connectivity index (χ1v) is 6.02. The first-order valence-electron chi connectivity index (χ1n) is 5.23. The lowest BCUT2D eigenvalue weighted by Gasteiger charge is -2.18. The molecule has 0 aliphatic rings. The number of rotatable bonds is 5. The van der Waals surface area contributed by atoms with E-state index in [1.807, 2.05) is 0 Å². The van der Waals surface area contributed by atoms with E-state index in [-0.39, 0.29) is 4.82 Å². The molecule has 1 amide bonds. The Labute approximate surface area is 115 Å². The minimum Gasteiger partial charge on any atom is -0.496 e. The second-order valence-corrected chi connectivity index (χ2v) is 4.31. The zero-order chi connectivity index (χ0) is 13.7. The fraction of sp³-hybridized carbons (Fsp3) is 0.417. The first-order chi connectivity index (χ1) is 8.53. The molecule has 1 rings (SSSR count). The van der Waals surface area contributed by atoms with Crippen LogP contribution in [0.1, 0.15) is 5.56 Å². The van der Waals surface area contributed by atoms with Crippen LogP contribution in [0, 0.1) is 0 Å². The van der Waals surface area contributed by atoms with Gasteiger partial charge in [-0.2, -0.15) is 0 Å². The van der Waals surface area contributed by atoms with Gasteiger partial charge in [-0.1, -0.05) is 0 Å². The van der Waals surface area contributed by atoms with Crippen molar-refractivity contribution in [3.63, 3.8) is 0 Å². The van der Waals surface area contributed by atoms with Gasteiger partial charge in [-0.25, -0.2) is 0 Å². The molecule has 0 saturated heterocycles. The fourth-order valence-electron chi connectivity index (χ4n) is 1.53. The number of hydrogen-bond donors (Lipinski definition) is 0. The monoisotopic (exact) mass is 317 g/mol. The second-order valence-electron chi connectivity index (χ2n) is 3.63. The summed E-state index contributed by atoms with van der Waals surface area (Å²) in [6.07, 6.45) is 0. The number of amides is 1. The maximum absolute atomic E-state index is 11.2. The van der Waals surface area contributed by atoms with Gasteiger partial charge in [0.2, 0.25) is 0 Å². The Morgan fingerprint density at radius 1 is 1.11 bits per heavy atom. The van der Waals surface area contributed by atoms with E-state index < -0.39 is 0 Å². The van der Waals surface area contributed by atoms with Gasteiger partial charge in [0.05, 0.1) is 21.3 Å². The van der Waals surface area contributed by atoms with Crippen molar-refractivity contribution in [2.75, 3.05) is 28.4 Å². The van der Waals surface area contributed by atoms with Gasteiger partial charge in [-0.15, -0.1) is 0 Å². The third-order valence-electron chi connectivity index (χ3n) is 2.49. The Kier molecular flexibility index (Phi) is 5.27. The van der Waals surface area contributed by atoms with Crippen LogP contribution in [0.2, 0.25) is 0 Å². The predicted molar refractivity (Wildman–Crippen MR) is 71.9 cm³/mol. The molecule has 100 valence electrons. The molecule has 0 N–H and O–H groups in total. The topological polar surface area (TPSA) is 48.0 Å². The van der Waals surface area contributed by atoms with Crippen molar-refractivity contribution in [1.82, 2.24) is 4.90 Å². The fourth-order valence-corrected chi connectivity index (χ4v) is 1.66. The van der Waals surface area contributed by atoms with E-state index in [1.165, 1.54) is 4.90 Å². The smallest absolute Gasteiger partial charge is 0.289 e. The summed E-state index contributed by atoms with van der Waals surface area (Å²) in [5.41, 5.74) is 0.838. The molecule has 0 aliphatic heterocycles. The van der Waals surface area contributed by atoms with Crippen LogP contribution in [0.25, 0.3) is 0 Å². The summed E-state index contributed by atoms with van der Waals surface area (Å²) in [6, 6.07) is 3.53. The number of carbonyl (C=O) groups is 1. The van der Waals surface area contributed by atoms with Gasteiger partial charge in [-0.3, -0.25) is 4.79 Å². The number of nitrogens with zero attached hydrogens (tertiary/aromatic N) is 1. The Morgan fingerprint density at radius 2 is 1.61 bits per heavy atom. The van der Waals surface area contributed by atoms with Crippen molar-refractivity contribution in [3.8, 4) is 17.2 Å². The first kappa shape index (κ1) is 14.6. The average Bonchev–Trinajstić information content (AvgIpc) is 2.37. The van der Waals surface area contributed by atoms with Crippen LogP contribution in [0.4, 0.5) is 4.79 Å². The summed E-state index contributed by atoms with van der Waals surface area (Å²) in [5, 5.41) is 0. The number of halogens is 1. The Balaban J connectivity index is 3.13. The highest BCUT2D eigenvalue weighted by molar-refractivity contribution is 9.18. The standard InChI is InChI=1S/C12H16BrNO4/c1-14(12(13)15)7-8-5-10(17-3)11(18-4)6-9(8)16-2/h5-6H,7H2,1-4H3. The van der Waals surface area contributed by atoms with Gasteiger partial charge in [0, 0.05) is 41.2 Å². The van der Waals surface area contributed by atoms with E-state index in [4.69, 9.17) is 14.2 Å². The average molecular weight is 318 g/mol. The molecule has 0 aliphatic carbocycles. The summed E-state index contributed by atoms with van der Waals surface area (Å²) in [4.78, 5) is 12.5. The number of carbonyl (C=O) groups excluding carboxylic acids is 1. The number of methoxy groups -OCH3 is 3. The molecule has 0 aromatic heterocycles. The predicted octanol–water partition coefficient (Wildman–Crippen LogP) is 2.66. The number of ether oxygens (including phenoxy) is 3. The zero-order valence-electron chi connectivity index (χ0n) is 10.8. The summed E-state index contributed by atoms with van der Waals surface area (Å²) in [6.45, 7) is 0.410. The molecule has 0 heterocycles. The summed E-state index contributed by atoms with van der Waals surface area (Å²) in [7, 11) is 6.38. The summed E-state index contributed by atoms with van der Waals surface area (Å²) in [5.74, 6) is 1.84. The molecular formula is C12H16BrNO4. The van der Waals surface area contributed by atoms with Crippen molar-refractivity contribution in [1.29, 1.82) is 0 Å². The van der Waals surface area contributed by atoms with Gasteiger partial charge >= 0.3 is 0 Å². The third kappa shape index (κ3) is 3.29. The van der Waals surface area contributed by atoms with Crippen LogP contribution in [-0.4, -0.2) is 38.1 Å². The van der Waals surface area contributed by atoms with Crippen molar-refractivity contribution in [2.24, 2.45) is 0 Å². The van der Waals surface area contributed by atoms with Crippen LogP contribution >= 0.6 is 15.9 Å². The molecule has 18 heavy (non-hydrogen) atoms. The maximum atomic E-state index is 11.2. The quantitative estimate of drug-likeness (QED) is 0.619. The van der Waals surface area contributed by atoms with Crippen LogP contribution < -0.4 is 14.2 Å². The molecule has 0 radical (unpaired) electrons. The van der Waals surface area contributed by atoms with Crippen LogP contribution in [0.5, 0.6) is 17.2 Å². The summed E-state index contributed by atoms with van der Waals surface area (Å²) < 4.78 is 15.7. The van der Waals surface area contributed by atoms with Gasteiger partial charge in [0.15, 0.2) is 11.5 Å². The van der Waals surface area contributed by atoms with E-state index in [0.717, 1.165) is 5.56 Å². The number of hydrogen-bond acceptors (Lipinski definition) is 4. The van der Waals surface area contributed by atoms with E-state index in [1.54, 1.807) is 40.5 Å². The van der Waals surface area contributed by atoms with Gasteiger partial charge in [0.25, 0.3) is 4.82 Å². The highest BCUT2D eigenvalue weighted by Gasteiger charge is 2.14. The minimum absolute atomic E-state index is 0.195. The third-order valence-corrected chi connectivity index (χ3v) is 3.10. The second kappa shape index (κ2) is 6.49. The molecule has 5 nitrogen and oxygen atoms in total. The van der Waals surface area contributed by atoms with E-state index in [2.05, 4.69) is 15.9 Å². The SMILES string of the molecule is COc1cc(OC)c(OC)cc1CN(C)C(=O)Br. The molecule has 0 unspecified atom stereocenters. The van der Waals surface area contributed by atoms with Gasteiger partial charge in [-0.05, 0) is 6.07 Å². The maximum Gasteiger partial charge on any atom is 0.289 e. The molecule has 0 spiro atoms. The van der Waals surface area contributed by atoms with E-state index in [0.29, 0.717) is 23.8 Å². The zero-order valence-corrected chi connectivity index (χ0v) is 12.4. The molecule has 0 saturated carbocycles. The Morgan fingerprint density at radius 3 is 2.06 bits per heavy atom. The van der Waals surface area contributed by atoms with Crippen LogP contribution in [0.3, 0.4) is 0 Å². The largest absolute Gasteiger partial charge is 0.496 e. The molecular weight excluding hydrogens is 302 g/mol.